The number of anilines is 2. The van der Waals surface area contributed by atoms with Crippen LogP contribution in [0.2, 0.25) is 0 Å². The SMILES string of the molecule is CC.CCc1ccccc1C(=O)Nc1ccccc1N. The third kappa shape index (κ3) is 3.85. The fourth-order valence-electron chi connectivity index (χ4n) is 1.85. The van der Waals surface area contributed by atoms with Crippen molar-refractivity contribution in [2.24, 2.45) is 0 Å². The van der Waals surface area contributed by atoms with E-state index < -0.39 is 0 Å². The molecule has 0 aromatic heterocycles. The molecule has 20 heavy (non-hydrogen) atoms. The molecule has 0 saturated carbocycles. The summed E-state index contributed by atoms with van der Waals surface area (Å²) in [6, 6.07) is 14.8. The minimum absolute atomic E-state index is 0.120. The van der Waals surface area contributed by atoms with Gasteiger partial charge in [-0.15, -0.1) is 0 Å². The maximum Gasteiger partial charge on any atom is 0.255 e. The molecule has 106 valence electrons. The van der Waals surface area contributed by atoms with E-state index in [9.17, 15) is 4.79 Å². The number of nitrogen functional groups attached to an aromatic ring is 1. The lowest BCUT2D eigenvalue weighted by atomic mass is 10.0. The smallest absolute Gasteiger partial charge is 0.255 e. The molecule has 2 rings (SSSR count). The quantitative estimate of drug-likeness (QED) is 0.825. The number of hydrogen-bond acceptors (Lipinski definition) is 2. The van der Waals surface area contributed by atoms with Gasteiger partial charge in [0.2, 0.25) is 0 Å². The highest BCUT2D eigenvalue weighted by atomic mass is 16.1. The average Bonchev–Trinajstić information content (AvgIpc) is 2.51. The standard InChI is InChI=1S/C15H16N2O.C2H6/c1-2-11-7-3-4-8-12(11)15(18)17-14-10-6-5-9-13(14)16;1-2/h3-10H,2,16H2,1H3,(H,17,18);1-2H3. The first-order chi connectivity index (χ1) is 9.72. The molecule has 0 saturated heterocycles. The Morgan fingerprint density at radius 1 is 1.05 bits per heavy atom. The molecule has 3 N–H and O–H groups in total. The summed E-state index contributed by atoms with van der Waals surface area (Å²) in [6.45, 7) is 6.03. The van der Waals surface area contributed by atoms with E-state index in [1.165, 1.54) is 0 Å². The minimum Gasteiger partial charge on any atom is -0.397 e. The highest BCUT2D eigenvalue weighted by Crippen LogP contribution is 2.19. The number of rotatable bonds is 3. The molecule has 1 amide bonds. The fourth-order valence-corrected chi connectivity index (χ4v) is 1.85. The normalized spacial score (nSPS) is 9.35. The molecule has 0 bridgehead atoms. The highest BCUT2D eigenvalue weighted by molar-refractivity contribution is 6.06. The summed E-state index contributed by atoms with van der Waals surface area (Å²) in [6.07, 6.45) is 0.827. The van der Waals surface area contributed by atoms with Gasteiger partial charge in [0.25, 0.3) is 5.91 Å². The molecule has 0 aliphatic rings. The van der Waals surface area contributed by atoms with Crippen molar-refractivity contribution >= 4 is 17.3 Å². The lowest BCUT2D eigenvalue weighted by Gasteiger charge is -2.10. The van der Waals surface area contributed by atoms with Crippen molar-refractivity contribution < 1.29 is 4.79 Å². The van der Waals surface area contributed by atoms with Gasteiger partial charge >= 0.3 is 0 Å². The van der Waals surface area contributed by atoms with E-state index in [0.717, 1.165) is 12.0 Å². The van der Waals surface area contributed by atoms with Gasteiger partial charge in [0.1, 0.15) is 0 Å². The molecular weight excluding hydrogens is 248 g/mol. The molecule has 0 unspecified atom stereocenters. The van der Waals surface area contributed by atoms with Crippen LogP contribution in [0.5, 0.6) is 0 Å². The average molecular weight is 270 g/mol. The molecule has 3 heteroatoms. The predicted octanol–water partition coefficient (Wildman–Crippen LogP) is 4.11. The van der Waals surface area contributed by atoms with Crippen LogP contribution in [-0.4, -0.2) is 5.91 Å². The van der Waals surface area contributed by atoms with E-state index in [0.29, 0.717) is 16.9 Å². The van der Waals surface area contributed by atoms with Crippen molar-refractivity contribution in [2.75, 3.05) is 11.1 Å². The van der Waals surface area contributed by atoms with E-state index in [-0.39, 0.29) is 5.91 Å². The van der Waals surface area contributed by atoms with Crippen LogP contribution in [0.3, 0.4) is 0 Å². The third-order valence-corrected chi connectivity index (χ3v) is 2.85. The zero-order valence-electron chi connectivity index (χ0n) is 12.3. The number of hydrogen-bond donors (Lipinski definition) is 2. The third-order valence-electron chi connectivity index (χ3n) is 2.85. The van der Waals surface area contributed by atoms with E-state index in [1.54, 1.807) is 12.1 Å². The first kappa shape index (κ1) is 15.8. The molecule has 3 nitrogen and oxygen atoms in total. The van der Waals surface area contributed by atoms with Crippen molar-refractivity contribution in [3.05, 3.63) is 59.7 Å². The first-order valence-corrected chi connectivity index (χ1v) is 6.96. The van der Waals surface area contributed by atoms with Gasteiger partial charge in [-0.3, -0.25) is 4.79 Å². The fraction of sp³-hybridized carbons (Fsp3) is 0.235. The lowest BCUT2D eigenvalue weighted by Crippen LogP contribution is -2.15. The molecule has 2 aromatic rings. The molecule has 2 aromatic carbocycles. The molecule has 0 heterocycles. The van der Waals surface area contributed by atoms with Gasteiger partial charge in [0.15, 0.2) is 0 Å². The Balaban J connectivity index is 0.000000956. The number of nitrogens with two attached hydrogens (primary N) is 1. The second-order valence-corrected chi connectivity index (χ2v) is 4.05. The number of amides is 1. The van der Waals surface area contributed by atoms with Crippen molar-refractivity contribution in [1.82, 2.24) is 0 Å². The van der Waals surface area contributed by atoms with Crippen molar-refractivity contribution in [3.63, 3.8) is 0 Å². The summed E-state index contributed by atoms with van der Waals surface area (Å²) in [7, 11) is 0. The Bertz CT molecular complexity index is 564. The van der Waals surface area contributed by atoms with Crippen LogP contribution in [0.1, 0.15) is 36.7 Å². The second kappa shape index (κ2) is 8.00. The van der Waals surface area contributed by atoms with E-state index >= 15 is 0 Å². The largest absolute Gasteiger partial charge is 0.397 e. The van der Waals surface area contributed by atoms with Crippen LogP contribution in [0.25, 0.3) is 0 Å². The van der Waals surface area contributed by atoms with Gasteiger partial charge in [-0.2, -0.15) is 0 Å². The van der Waals surface area contributed by atoms with Gasteiger partial charge in [0.05, 0.1) is 11.4 Å². The van der Waals surface area contributed by atoms with E-state index in [1.807, 2.05) is 57.2 Å². The summed E-state index contributed by atoms with van der Waals surface area (Å²) in [4.78, 5) is 12.2. The predicted molar refractivity (Wildman–Crippen MR) is 86.0 cm³/mol. The molecule has 0 fully saturated rings. The summed E-state index contributed by atoms with van der Waals surface area (Å²) < 4.78 is 0. The summed E-state index contributed by atoms with van der Waals surface area (Å²) >= 11 is 0. The number of nitrogens with one attached hydrogen (secondary N) is 1. The van der Waals surface area contributed by atoms with Gasteiger partial charge in [-0.05, 0) is 30.2 Å². The van der Waals surface area contributed by atoms with Gasteiger partial charge in [-0.1, -0.05) is 51.1 Å². The summed E-state index contributed by atoms with van der Waals surface area (Å²) in [5, 5.41) is 2.84. The Kier molecular flexibility index (Phi) is 6.30. The maximum atomic E-state index is 12.2. The highest BCUT2D eigenvalue weighted by Gasteiger charge is 2.10. The zero-order chi connectivity index (χ0) is 15.0. The van der Waals surface area contributed by atoms with Crippen LogP contribution >= 0.6 is 0 Å². The van der Waals surface area contributed by atoms with Gasteiger partial charge in [0, 0.05) is 5.56 Å². The lowest BCUT2D eigenvalue weighted by molar-refractivity contribution is 0.102. The molecule has 0 radical (unpaired) electrons. The van der Waals surface area contributed by atoms with Crippen LogP contribution < -0.4 is 11.1 Å². The van der Waals surface area contributed by atoms with Crippen LogP contribution in [0.4, 0.5) is 11.4 Å². The molecule has 0 spiro atoms. The van der Waals surface area contributed by atoms with Crippen LogP contribution in [-0.2, 0) is 6.42 Å². The van der Waals surface area contributed by atoms with E-state index in [2.05, 4.69) is 5.32 Å². The Labute approximate surface area is 120 Å². The molecule has 0 aliphatic heterocycles. The van der Waals surface area contributed by atoms with E-state index in [4.69, 9.17) is 5.73 Å². The van der Waals surface area contributed by atoms with Crippen molar-refractivity contribution in [1.29, 1.82) is 0 Å². The number of para-hydroxylation sites is 2. The topological polar surface area (TPSA) is 55.1 Å². The Morgan fingerprint density at radius 3 is 2.30 bits per heavy atom. The molecular formula is C17H22N2O. The Morgan fingerprint density at radius 2 is 1.65 bits per heavy atom. The number of carbonyl (C=O) groups is 1. The van der Waals surface area contributed by atoms with Crippen LogP contribution in [0.15, 0.2) is 48.5 Å². The summed E-state index contributed by atoms with van der Waals surface area (Å²) in [5.41, 5.74) is 8.75. The second-order valence-electron chi connectivity index (χ2n) is 4.05. The van der Waals surface area contributed by atoms with Crippen LogP contribution in [0, 0.1) is 0 Å². The van der Waals surface area contributed by atoms with Gasteiger partial charge in [-0.25, -0.2) is 0 Å². The summed E-state index contributed by atoms with van der Waals surface area (Å²) in [5.74, 6) is -0.120. The molecule has 0 atom stereocenters. The number of benzene rings is 2. The zero-order valence-corrected chi connectivity index (χ0v) is 12.3. The van der Waals surface area contributed by atoms with Crippen molar-refractivity contribution in [3.8, 4) is 0 Å². The monoisotopic (exact) mass is 270 g/mol. The first-order valence-electron chi connectivity index (χ1n) is 6.96. The van der Waals surface area contributed by atoms with Crippen molar-refractivity contribution in [2.45, 2.75) is 27.2 Å². The minimum atomic E-state index is -0.120. The molecule has 0 aliphatic carbocycles. The van der Waals surface area contributed by atoms with Gasteiger partial charge < -0.3 is 11.1 Å². The number of aryl methyl sites for hydroxylation is 1. The Hall–Kier alpha value is -2.29. The maximum absolute atomic E-state index is 12.2. The number of carbonyl (C=O) groups excluding carboxylic acids is 1.